The van der Waals surface area contributed by atoms with Crippen molar-refractivity contribution in [1.29, 1.82) is 0 Å². The molecule has 1 aliphatic rings. The molecule has 2 heteroatoms. The molecule has 1 saturated carbocycles. The standard InChI is InChI=1S/C7H13NO/c1-5(9)6-2-3-7(8)4-6/h6-7H,2-4,8H2,1H3/t6-,7+/m0/s1. The molecule has 0 aromatic carbocycles. The average molecular weight is 127 g/mol. The van der Waals surface area contributed by atoms with Gasteiger partial charge < -0.3 is 5.73 Å². The van der Waals surface area contributed by atoms with E-state index in [-0.39, 0.29) is 5.92 Å². The Hall–Kier alpha value is -0.370. The first-order valence-electron chi connectivity index (χ1n) is 3.46. The maximum atomic E-state index is 10.7. The van der Waals surface area contributed by atoms with E-state index in [9.17, 15) is 4.79 Å². The predicted octanol–water partition coefficient (Wildman–Crippen LogP) is 0.703. The summed E-state index contributed by atoms with van der Waals surface area (Å²) in [6.07, 6.45) is 2.95. The van der Waals surface area contributed by atoms with E-state index in [4.69, 9.17) is 5.73 Å². The minimum atomic E-state index is 0.278. The fourth-order valence-corrected chi connectivity index (χ4v) is 1.39. The third-order valence-electron chi connectivity index (χ3n) is 2.05. The monoisotopic (exact) mass is 127 g/mol. The van der Waals surface area contributed by atoms with Gasteiger partial charge in [-0.25, -0.2) is 0 Å². The van der Waals surface area contributed by atoms with E-state index >= 15 is 0 Å². The lowest BCUT2D eigenvalue weighted by molar-refractivity contribution is -0.120. The van der Waals surface area contributed by atoms with Gasteiger partial charge in [0.15, 0.2) is 0 Å². The number of hydrogen-bond acceptors (Lipinski definition) is 2. The summed E-state index contributed by atoms with van der Waals surface area (Å²) < 4.78 is 0. The van der Waals surface area contributed by atoms with Crippen molar-refractivity contribution < 1.29 is 4.79 Å². The number of Topliss-reactive ketones (excluding diaryl/α,β-unsaturated/α-hetero) is 1. The van der Waals surface area contributed by atoms with Crippen molar-refractivity contribution >= 4 is 5.78 Å². The summed E-state index contributed by atoms with van der Waals surface area (Å²) in [5.41, 5.74) is 5.61. The fourth-order valence-electron chi connectivity index (χ4n) is 1.39. The lowest BCUT2D eigenvalue weighted by atomic mass is 10.0. The zero-order valence-corrected chi connectivity index (χ0v) is 5.76. The predicted molar refractivity (Wildman–Crippen MR) is 36.0 cm³/mol. The summed E-state index contributed by atoms with van der Waals surface area (Å²) in [4.78, 5) is 10.7. The van der Waals surface area contributed by atoms with E-state index in [0.29, 0.717) is 11.8 Å². The molecule has 1 fully saturated rings. The van der Waals surface area contributed by atoms with Gasteiger partial charge in [-0.1, -0.05) is 0 Å². The fraction of sp³-hybridized carbons (Fsp3) is 0.857. The number of carbonyl (C=O) groups is 1. The van der Waals surface area contributed by atoms with Crippen molar-refractivity contribution in [2.75, 3.05) is 0 Å². The van der Waals surface area contributed by atoms with E-state index in [2.05, 4.69) is 0 Å². The number of nitrogens with two attached hydrogens (primary N) is 1. The zero-order chi connectivity index (χ0) is 6.85. The van der Waals surface area contributed by atoms with Crippen LogP contribution in [-0.2, 0) is 4.79 Å². The molecule has 1 rings (SSSR count). The number of hydrogen-bond donors (Lipinski definition) is 1. The van der Waals surface area contributed by atoms with Gasteiger partial charge in [-0.3, -0.25) is 4.79 Å². The van der Waals surface area contributed by atoms with Gasteiger partial charge in [0, 0.05) is 12.0 Å². The molecular formula is C7H13NO. The highest BCUT2D eigenvalue weighted by atomic mass is 16.1. The molecule has 2 N–H and O–H groups in total. The van der Waals surface area contributed by atoms with E-state index < -0.39 is 0 Å². The lowest BCUT2D eigenvalue weighted by Crippen LogP contribution is -2.16. The molecule has 0 aliphatic heterocycles. The molecule has 0 unspecified atom stereocenters. The molecule has 0 radical (unpaired) electrons. The number of ketones is 1. The zero-order valence-electron chi connectivity index (χ0n) is 5.76. The van der Waals surface area contributed by atoms with Gasteiger partial charge in [0.25, 0.3) is 0 Å². The second-order valence-corrected chi connectivity index (χ2v) is 2.88. The SMILES string of the molecule is CC(=O)[C@H]1CC[C@@H](N)C1. The summed E-state index contributed by atoms with van der Waals surface area (Å²) in [5.74, 6) is 0.586. The molecule has 9 heavy (non-hydrogen) atoms. The van der Waals surface area contributed by atoms with Gasteiger partial charge >= 0.3 is 0 Å². The minimum Gasteiger partial charge on any atom is -0.328 e. The van der Waals surface area contributed by atoms with Crippen LogP contribution in [0.2, 0.25) is 0 Å². The van der Waals surface area contributed by atoms with Crippen LogP contribution in [0, 0.1) is 5.92 Å². The summed E-state index contributed by atoms with van der Waals surface area (Å²) in [7, 11) is 0. The molecular weight excluding hydrogens is 114 g/mol. The molecule has 0 spiro atoms. The highest BCUT2D eigenvalue weighted by Gasteiger charge is 2.24. The van der Waals surface area contributed by atoms with Crippen LogP contribution < -0.4 is 5.73 Å². The molecule has 0 saturated heterocycles. The van der Waals surface area contributed by atoms with Gasteiger partial charge in [-0.05, 0) is 26.2 Å². The Morgan fingerprint density at radius 1 is 1.56 bits per heavy atom. The molecule has 52 valence electrons. The van der Waals surface area contributed by atoms with Gasteiger partial charge in [-0.2, -0.15) is 0 Å². The molecule has 0 bridgehead atoms. The van der Waals surface area contributed by atoms with E-state index in [1.807, 2.05) is 0 Å². The summed E-state index contributed by atoms with van der Waals surface area (Å²) in [6, 6.07) is 0.291. The van der Waals surface area contributed by atoms with Gasteiger partial charge in [0.2, 0.25) is 0 Å². The van der Waals surface area contributed by atoms with Crippen LogP contribution in [0.5, 0.6) is 0 Å². The second kappa shape index (κ2) is 2.48. The Morgan fingerprint density at radius 2 is 2.22 bits per heavy atom. The Morgan fingerprint density at radius 3 is 2.44 bits per heavy atom. The Labute approximate surface area is 55.4 Å². The molecule has 0 heterocycles. The third kappa shape index (κ3) is 1.52. The Balaban J connectivity index is 2.39. The molecule has 2 atom stereocenters. The highest BCUT2D eigenvalue weighted by molar-refractivity contribution is 5.78. The van der Waals surface area contributed by atoms with Crippen molar-refractivity contribution in [3.63, 3.8) is 0 Å². The largest absolute Gasteiger partial charge is 0.328 e. The van der Waals surface area contributed by atoms with E-state index in [1.165, 1.54) is 0 Å². The first-order valence-corrected chi connectivity index (χ1v) is 3.46. The van der Waals surface area contributed by atoms with Crippen LogP contribution in [0.4, 0.5) is 0 Å². The van der Waals surface area contributed by atoms with Crippen LogP contribution >= 0.6 is 0 Å². The van der Waals surface area contributed by atoms with Crippen molar-refractivity contribution in [1.82, 2.24) is 0 Å². The lowest BCUT2D eigenvalue weighted by Gasteiger charge is -2.01. The quantitative estimate of drug-likeness (QED) is 0.563. The first-order chi connectivity index (χ1) is 4.20. The molecule has 2 nitrogen and oxygen atoms in total. The molecule has 1 aliphatic carbocycles. The highest BCUT2D eigenvalue weighted by Crippen LogP contribution is 2.24. The number of rotatable bonds is 1. The average Bonchev–Trinajstić information content (AvgIpc) is 2.14. The van der Waals surface area contributed by atoms with Crippen LogP contribution in [0.15, 0.2) is 0 Å². The molecule has 0 amide bonds. The second-order valence-electron chi connectivity index (χ2n) is 2.88. The van der Waals surface area contributed by atoms with Crippen LogP contribution in [0.25, 0.3) is 0 Å². The Kier molecular flexibility index (Phi) is 1.86. The normalized spacial score (nSPS) is 34.9. The molecule has 0 aromatic rings. The maximum Gasteiger partial charge on any atom is 0.132 e. The van der Waals surface area contributed by atoms with E-state index in [0.717, 1.165) is 19.3 Å². The van der Waals surface area contributed by atoms with Gasteiger partial charge in [0.05, 0.1) is 0 Å². The van der Waals surface area contributed by atoms with Crippen molar-refractivity contribution in [2.45, 2.75) is 32.2 Å². The minimum absolute atomic E-state index is 0.278. The van der Waals surface area contributed by atoms with Crippen molar-refractivity contribution in [3.05, 3.63) is 0 Å². The number of carbonyl (C=O) groups excluding carboxylic acids is 1. The summed E-state index contributed by atoms with van der Waals surface area (Å²) >= 11 is 0. The maximum absolute atomic E-state index is 10.7. The Bertz CT molecular complexity index is 122. The summed E-state index contributed by atoms with van der Waals surface area (Å²) in [6.45, 7) is 1.66. The molecule has 0 aromatic heterocycles. The van der Waals surface area contributed by atoms with Crippen LogP contribution in [0.3, 0.4) is 0 Å². The summed E-state index contributed by atoms with van der Waals surface area (Å²) in [5, 5.41) is 0. The first kappa shape index (κ1) is 6.75. The smallest absolute Gasteiger partial charge is 0.132 e. The van der Waals surface area contributed by atoms with Crippen molar-refractivity contribution in [2.24, 2.45) is 11.7 Å². The van der Waals surface area contributed by atoms with Crippen LogP contribution in [0.1, 0.15) is 26.2 Å². The van der Waals surface area contributed by atoms with E-state index in [1.54, 1.807) is 6.92 Å². The van der Waals surface area contributed by atoms with Gasteiger partial charge in [-0.15, -0.1) is 0 Å². The van der Waals surface area contributed by atoms with Crippen LogP contribution in [-0.4, -0.2) is 11.8 Å². The van der Waals surface area contributed by atoms with Gasteiger partial charge in [0.1, 0.15) is 5.78 Å². The topological polar surface area (TPSA) is 43.1 Å². The third-order valence-corrected chi connectivity index (χ3v) is 2.05. The van der Waals surface area contributed by atoms with Crippen molar-refractivity contribution in [3.8, 4) is 0 Å².